The number of nitro groups is 1. The minimum atomic E-state index is -0.597. The minimum absolute atomic E-state index is 0.0653. The van der Waals surface area contributed by atoms with Gasteiger partial charge in [-0.15, -0.1) is 5.11 Å². The van der Waals surface area contributed by atoms with Crippen molar-refractivity contribution in [3.05, 3.63) is 55.9 Å². The monoisotopic (exact) mass is 327 g/mol. The van der Waals surface area contributed by atoms with Crippen LogP contribution in [-0.4, -0.2) is 14.6 Å². The molecule has 9 heteroatoms. The number of nitro benzene ring substituents is 1. The van der Waals surface area contributed by atoms with E-state index >= 15 is 0 Å². The van der Waals surface area contributed by atoms with Gasteiger partial charge in [0, 0.05) is 24.2 Å². The highest BCUT2D eigenvalue weighted by Gasteiger charge is 2.18. The second kappa shape index (κ2) is 6.70. The zero-order chi connectivity index (χ0) is 17.9. The van der Waals surface area contributed by atoms with Gasteiger partial charge in [0.1, 0.15) is 11.6 Å². The van der Waals surface area contributed by atoms with Gasteiger partial charge in [0.15, 0.2) is 5.69 Å². The number of benzene rings is 1. The summed E-state index contributed by atoms with van der Waals surface area (Å²) in [7, 11) is 0. The fourth-order valence-corrected chi connectivity index (χ4v) is 2.13. The molecule has 2 rings (SSSR count). The molecule has 1 aromatic heterocycles. The van der Waals surface area contributed by atoms with Crippen molar-refractivity contribution < 1.29 is 10.0 Å². The molecule has 0 aliphatic heterocycles. The van der Waals surface area contributed by atoms with Crippen LogP contribution in [0.3, 0.4) is 0 Å². The quantitative estimate of drug-likeness (QED) is 0.523. The van der Waals surface area contributed by atoms with E-state index in [0.717, 1.165) is 4.57 Å². The lowest BCUT2D eigenvalue weighted by atomic mass is 10.1. The van der Waals surface area contributed by atoms with Crippen LogP contribution >= 0.6 is 0 Å². The number of nitrogens with zero attached hydrogens (tertiary/aromatic N) is 5. The molecule has 1 aromatic carbocycles. The number of nitriles is 1. The van der Waals surface area contributed by atoms with Crippen molar-refractivity contribution >= 4 is 17.1 Å². The molecule has 9 nitrogen and oxygen atoms in total. The number of hydrogen-bond acceptors (Lipinski definition) is 7. The first kappa shape index (κ1) is 16.8. The number of pyridine rings is 1. The summed E-state index contributed by atoms with van der Waals surface area (Å²) in [6.07, 6.45) is 0. The average molecular weight is 327 g/mol. The molecule has 0 spiro atoms. The molecule has 0 unspecified atom stereocenters. The summed E-state index contributed by atoms with van der Waals surface area (Å²) in [5, 5.41) is 37.5. The molecule has 1 N–H and O–H groups in total. The normalized spacial score (nSPS) is 10.7. The fourth-order valence-electron chi connectivity index (χ4n) is 2.13. The van der Waals surface area contributed by atoms with Gasteiger partial charge in [0.2, 0.25) is 5.88 Å². The van der Waals surface area contributed by atoms with Gasteiger partial charge in [-0.2, -0.15) is 10.4 Å². The summed E-state index contributed by atoms with van der Waals surface area (Å²) in [5.41, 5.74) is -0.531. The summed E-state index contributed by atoms with van der Waals surface area (Å²) < 4.78 is 1.01. The molecule has 0 amide bonds. The van der Waals surface area contributed by atoms with E-state index in [1.165, 1.54) is 31.2 Å². The summed E-state index contributed by atoms with van der Waals surface area (Å²) >= 11 is 0. The average Bonchev–Trinajstić information content (AvgIpc) is 2.55. The topological polar surface area (TPSA) is 134 Å². The van der Waals surface area contributed by atoms with E-state index in [9.17, 15) is 20.0 Å². The largest absolute Gasteiger partial charge is 0.493 e. The third kappa shape index (κ3) is 2.98. The molecule has 1 heterocycles. The Kier molecular flexibility index (Phi) is 4.70. The minimum Gasteiger partial charge on any atom is -0.493 e. The van der Waals surface area contributed by atoms with Gasteiger partial charge in [-0.25, -0.2) is 0 Å². The van der Waals surface area contributed by atoms with E-state index in [4.69, 9.17) is 5.26 Å². The zero-order valence-corrected chi connectivity index (χ0v) is 12.9. The van der Waals surface area contributed by atoms with Crippen LogP contribution < -0.4 is 5.56 Å². The maximum Gasteiger partial charge on any atom is 0.281 e. The number of hydrogen-bond donors (Lipinski definition) is 1. The maximum absolute atomic E-state index is 12.3. The molecule has 0 saturated carbocycles. The zero-order valence-electron chi connectivity index (χ0n) is 12.9. The van der Waals surface area contributed by atoms with E-state index in [1.807, 2.05) is 6.07 Å². The summed E-state index contributed by atoms with van der Waals surface area (Å²) in [6.45, 7) is 3.26. The third-order valence-electron chi connectivity index (χ3n) is 3.39. The molecule has 0 bridgehead atoms. The second-order valence-corrected chi connectivity index (χ2v) is 4.81. The van der Waals surface area contributed by atoms with Crippen molar-refractivity contribution in [3.63, 3.8) is 0 Å². The maximum atomic E-state index is 12.3. The van der Waals surface area contributed by atoms with E-state index in [-0.39, 0.29) is 34.7 Å². The molecule has 0 aliphatic rings. The first-order chi connectivity index (χ1) is 11.4. The fraction of sp³-hybridized carbons (Fsp3) is 0.200. The highest BCUT2D eigenvalue weighted by molar-refractivity contribution is 5.57. The molecule has 24 heavy (non-hydrogen) atoms. The highest BCUT2D eigenvalue weighted by Crippen LogP contribution is 2.27. The standard InChI is InChI=1S/C15H13N5O4/c1-3-19-14(21)12(8-16)9(2)13(15(19)22)18-17-10-5-4-6-11(7-10)20(23)24/h4-7,21H,3H2,1-2H3. The lowest BCUT2D eigenvalue weighted by Gasteiger charge is -2.10. The van der Waals surface area contributed by atoms with E-state index in [0.29, 0.717) is 0 Å². The van der Waals surface area contributed by atoms with Gasteiger partial charge >= 0.3 is 0 Å². The van der Waals surface area contributed by atoms with Crippen LogP contribution in [0.5, 0.6) is 5.88 Å². The van der Waals surface area contributed by atoms with Crippen LogP contribution in [-0.2, 0) is 6.54 Å². The number of aromatic hydroxyl groups is 1. The van der Waals surface area contributed by atoms with Crippen LogP contribution in [0, 0.1) is 28.4 Å². The van der Waals surface area contributed by atoms with Gasteiger partial charge in [-0.3, -0.25) is 19.5 Å². The number of azo groups is 1. The molecule has 2 aromatic rings. The first-order valence-corrected chi connectivity index (χ1v) is 6.93. The molecule has 0 radical (unpaired) electrons. The summed E-state index contributed by atoms with van der Waals surface area (Å²) in [5.74, 6) is -0.420. The SMILES string of the molecule is CCn1c(O)c(C#N)c(C)c(N=Nc2cccc([N+](=O)[O-])c2)c1=O. The third-order valence-corrected chi connectivity index (χ3v) is 3.39. The second-order valence-electron chi connectivity index (χ2n) is 4.81. The van der Waals surface area contributed by atoms with Crippen LogP contribution in [0.2, 0.25) is 0 Å². The van der Waals surface area contributed by atoms with Crippen LogP contribution in [0.1, 0.15) is 18.1 Å². The predicted octanol–water partition coefficient (Wildman–Crippen LogP) is 3.08. The molecular weight excluding hydrogens is 314 g/mol. The Balaban J connectivity index is 2.58. The van der Waals surface area contributed by atoms with Crippen LogP contribution in [0.25, 0.3) is 0 Å². The van der Waals surface area contributed by atoms with E-state index in [1.54, 1.807) is 6.92 Å². The lowest BCUT2D eigenvalue weighted by molar-refractivity contribution is -0.384. The van der Waals surface area contributed by atoms with E-state index < -0.39 is 16.4 Å². The Labute approximate surface area is 136 Å². The van der Waals surface area contributed by atoms with Crippen LogP contribution in [0.4, 0.5) is 17.1 Å². The van der Waals surface area contributed by atoms with Crippen molar-refractivity contribution in [1.82, 2.24) is 4.57 Å². The highest BCUT2D eigenvalue weighted by atomic mass is 16.6. The van der Waals surface area contributed by atoms with Crippen LogP contribution in [0.15, 0.2) is 39.3 Å². The molecule has 0 fully saturated rings. The Hall–Kier alpha value is -3.54. The molecule has 0 aliphatic carbocycles. The first-order valence-electron chi connectivity index (χ1n) is 6.93. The smallest absolute Gasteiger partial charge is 0.281 e. The number of non-ortho nitro benzene ring substituents is 1. The Morgan fingerprint density at radius 3 is 2.71 bits per heavy atom. The Morgan fingerprint density at radius 1 is 1.42 bits per heavy atom. The molecule has 0 atom stereocenters. The van der Waals surface area contributed by atoms with Crippen molar-refractivity contribution in [2.24, 2.45) is 10.2 Å². The number of aromatic nitrogens is 1. The van der Waals surface area contributed by atoms with Gasteiger partial charge < -0.3 is 5.11 Å². The molecular formula is C15H13N5O4. The van der Waals surface area contributed by atoms with Crippen molar-refractivity contribution in [2.45, 2.75) is 20.4 Å². The van der Waals surface area contributed by atoms with Gasteiger partial charge in [0.25, 0.3) is 11.2 Å². The lowest BCUT2D eigenvalue weighted by Crippen LogP contribution is -2.20. The Bertz CT molecular complexity index is 940. The van der Waals surface area contributed by atoms with Gasteiger partial charge in [-0.05, 0) is 19.9 Å². The van der Waals surface area contributed by atoms with Crippen molar-refractivity contribution in [3.8, 4) is 11.9 Å². The van der Waals surface area contributed by atoms with Crippen molar-refractivity contribution in [1.29, 1.82) is 5.26 Å². The van der Waals surface area contributed by atoms with E-state index in [2.05, 4.69) is 10.2 Å². The van der Waals surface area contributed by atoms with Gasteiger partial charge in [-0.1, -0.05) is 6.07 Å². The summed E-state index contributed by atoms with van der Waals surface area (Å²) in [6, 6.07) is 7.29. The number of rotatable bonds is 4. The summed E-state index contributed by atoms with van der Waals surface area (Å²) in [4.78, 5) is 22.5. The Morgan fingerprint density at radius 2 is 2.12 bits per heavy atom. The molecule has 0 saturated heterocycles. The van der Waals surface area contributed by atoms with Gasteiger partial charge in [0.05, 0.1) is 10.6 Å². The molecule has 122 valence electrons. The van der Waals surface area contributed by atoms with Crippen molar-refractivity contribution in [2.75, 3.05) is 0 Å². The predicted molar refractivity (Wildman–Crippen MR) is 84.8 cm³/mol.